The summed E-state index contributed by atoms with van der Waals surface area (Å²) in [4.78, 5) is 0. The molecule has 0 saturated carbocycles. The Bertz CT molecular complexity index is 340. The van der Waals surface area contributed by atoms with Crippen LogP contribution in [0.3, 0.4) is 0 Å². The Kier molecular flexibility index (Phi) is 7.48. The molecular weight excluding hydrogens is 242 g/mol. The second-order valence-electron chi connectivity index (χ2n) is 4.67. The number of methoxy groups -OCH3 is 1. The third kappa shape index (κ3) is 6.57. The van der Waals surface area contributed by atoms with Crippen LogP contribution >= 0.6 is 0 Å². The minimum atomic E-state index is -0.519. The standard InChI is InChI=1S/C15H25NO3/c1-4-13-5-7-15(8-6-13)19-11-14(17)10-16-9-12(2)18-3/h5-8,12,14,16-17H,4,9-11H2,1-3H3. The van der Waals surface area contributed by atoms with Crippen LogP contribution in [0.15, 0.2) is 24.3 Å². The van der Waals surface area contributed by atoms with E-state index in [0.29, 0.717) is 13.2 Å². The van der Waals surface area contributed by atoms with E-state index in [1.807, 2.05) is 31.2 Å². The van der Waals surface area contributed by atoms with Crippen molar-refractivity contribution in [3.8, 4) is 5.75 Å². The highest BCUT2D eigenvalue weighted by Gasteiger charge is 2.06. The highest BCUT2D eigenvalue weighted by molar-refractivity contribution is 5.27. The Morgan fingerprint density at radius 2 is 1.89 bits per heavy atom. The lowest BCUT2D eigenvalue weighted by Gasteiger charge is -2.15. The molecule has 0 fully saturated rings. The van der Waals surface area contributed by atoms with E-state index >= 15 is 0 Å². The van der Waals surface area contributed by atoms with Crippen LogP contribution in [0, 0.1) is 0 Å². The maximum absolute atomic E-state index is 9.77. The van der Waals surface area contributed by atoms with E-state index in [1.54, 1.807) is 7.11 Å². The number of benzene rings is 1. The van der Waals surface area contributed by atoms with E-state index in [0.717, 1.165) is 18.7 Å². The molecule has 108 valence electrons. The highest BCUT2D eigenvalue weighted by Crippen LogP contribution is 2.12. The summed E-state index contributed by atoms with van der Waals surface area (Å²) in [5.41, 5.74) is 1.28. The fraction of sp³-hybridized carbons (Fsp3) is 0.600. The smallest absolute Gasteiger partial charge is 0.119 e. The van der Waals surface area contributed by atoms with Crippen LogP contribution in [0.4, 0.5) is 0 Å². The summed E-state index contributed by atoms with van der Waals surface area (Å²) in [6.07, 6.45) is 0.648. The zero-order chi connectivity index (χ0) is 14.1. The number of aryl methyl sites for hydroxylation is 1. The van der Waals surface area contributed by atoms with Gasteiger partial charge in [-0.3, -0.25) is 0 Å². The molecule has 2 N–H and O–H groups in total. The van der Waals surface area contributed by atoms with Gasteiger partial charge in [-0.1, -0.05) is 19.1 Å². The van der Waals surface area contributed by atoms with Crippen LogP contribution in [0.1, 0.15) is 19.4 Å². The third-order valence-corrected chi connectivity index (χ3v) is 2.99. The Hall–Kier alpha value is -1.10. The number of nitrogens with one attached hydrogen (secondary N) is 1. The lowest BCUT2D eigenvalue weighted by Crippen LogP contribution is -2.35. The van der Waals surface area contributed by atoms with Crippen molar-refractivity contribution in [2.45, 2.75) is 32.5 Å². The van der Waals surface area contributed by atoms with Crippen molar-refractivity contribution in [1.82, 2.24) is 5.32 Å². The normalized spacial score (nSPS) is 14.1. The molecule has 1 aromatic rings. The summed E-state index contributed by atoms with van der Waals surface area (Å²) in [6, 6.07) is 7.96. The monoisotopic (exact) mass is 267 g/mol. The van der Waals surface area contributed by atoms with Crippen molar-refractivity contribution in [2.75, 3.05) is 26.8 Å². The molecule has 0 saturated heterocycles. The van der Waals surface area contributed by atoms with Gasteiger partial charge in [-0.25, -0.2) is 0 Å². The predicted octanol–water partition coefficient (Wildman–Crippen LogP) is 1.61. The van der Waals surface area contributed by atoms with Crippen LogP contribution in [-0.4, -0.2) is 44.1 Å². The number of aliphatic hydroxyl groups is 1. The van der Waals surface area contributed by atoms with Crippen LogP contribution < -0.4 is 10.1 Å². The molecule has 2 atom stereocenters. The summed E-state index contributed by atoms with van der Waals surface area (Å²) in [5, 5.41) is 12.9. The van der Waals surface area contributed by atoms with Gasteiger partial charge in [-0.15, -0.1) is 0 Å². The van der Waals surface area contributed by atoms with Gasteiger partial charge >= 0.3 is 0 Å². The molecule has 1 aromatic carbocycles. The average Bonchev–Trinajstić information content (AvgIpc) is 2.45. The topological polar surface area (TPSA) is 50.7 Å². The number of rotatable bonds is 9. The van der Waals surface area contributed by atoms with Gasteiger partial charge in [-0.05, 0) is 31.0 Å². The van der Waals surface area contributed by atoms with Gasteiger partial charge in [0.2, 0.25) is 0 Å². The minimum absolute atomic E-state index is 0.148. The molecule has 0 amide bonds. The average molecular weight is 267 g/mol. The summed E-state index contributed by atoms with van der Waals surface area (Å²) in [7, 11) is 1.67. The van der Waals surface area contributed by atoms with Crippen molar-refractivity contribution in [1.29, 1.82) is 0 Å². The SMILES string of the molecule is CCc1ccc(OCC(O)CNCC(C)OC)cc1. The number of aliphatic hydroxyl groups excluding tert-OH is 1. The molecule has 0 radical (unpaired) electrons. The van der Waals surface area contributed by atoms with Gasteiger partial charge in [0.15, 0.2) is 0 Å². The van der Waals surface area contributed by atoms with Crippen molar-refractivity contribution in [3.05, 3.63) is 29.8 Å². The van der Waals surface area contributed by atoms with Gasteiger partial charge in [0.05, 0.1) is 6.10 Å². The molecule has 0 aliphatic rings. The van der Waals surface area contributed by atoms with E-state index in [2.05, 4.69) is 12.2 Å². The number of hydrogen-bond acceptors (Lipinski definition) is 4. The van der Waals surface area contributed by atoms with Crippen molar-refractivity contribution in [3.63, 3.8) is 0 Å². The summed E-state index contributed by atoms with van der Waals surface area (Å²) in [6.45, 7) is 5.61. The van der Waals surface area contributed by atoms with Gasteiger partial charge < -0.3 is 19.9 Å². The molecule has 0 spiro atoms. The van der Waals surface area contributed by atoms with E-state index in [-0.39, 0.29) is 6.10 Å². The zero-order valence-electron chi connectivity index (χ0n) is 12.1. The van der Waals surface area contributed by atoms with Crippen molar-refractivity contribution < 1.29 is 14.6 Å². The van der Waals surface area contributed by atoms with Gasteiger partial charge in [0.25, 0.3) is 0 Å². The molecule has 0 aliphatic heterocycles. The van der Waals surface area contributed by atoms with Crippen molar-refractivity contribution >= 4 is 0 Å². The Labute approximate surface area is 115 Å². The number of hydrogen-bond donors (Lipinski definition) is 2. The molecule has 0 heterocycles. The minimum Gasteiger partial charge on any atom is -0.491 e. The van der Waals surface area contributed by atoms with Crippen LogP contribution in [0.25, 0.3) is 0 Å². The van der Waals surface area contributed by atoms with Crippen LogP contribution in [0.2, 0.25) is 0 Å². The fourth-order valence-electron chi connectivity index (χ4n) is 1.61. The van der Waals surface area contributed by atoms with Crippen LogP contribution in [0.5, 0.6) is 5.75 Å². The van der Waals surface area contributed by atoms with E-state index in [4.69, 9.17) is 9.47 Å². The lowest BCUT2D eigenvalue weighted by atomic mass is 10.2. The molecule has 0 aliphatic carbocycles. The quantitative estimate of drug-likeness (QED) is 0.714. The molecule has 0 bridgehead atoms. The third-order valence-electron chi connectivity index (χ3n) is 2.99. The van der Waals surface area contributed by atoms with Crippen LogP contribution in [-0.2, 0) is 11.2 Å². The van der Waals surface area contributed by atoms with E-state index in [1.165, 1.54) is 5.56 Å². The first kappa shape index (κ1) is 16.0. The fourth-order valence-corrected chi connectivity index (χ4v) is 1.61. The van der Waals surface area contributed by atoms with Gasteiger partial charge in [0, 0.05) is 20.2 Å². The second-order valence-corrected chi connectivity index (χ2v) is 4.67. The molecule has 1 rings (SSSR count). The maximum atomic E-state index is 9.77. The Balaban J connectivity index is 2.20. The molecule has 0 aromatic heterocycles. The first-order valence-electron chi connectivity index (χ1n) is 6.79. The molecule has 4 heteroatoms. The van der Waals surface area contributed by atoms with Gasteiger partial charge in [0.1, 0.15) is 18.5 Å². The number of ether oxygens (including phenoxy) is 2. The predicted molar refractivity (Wildman–Crippen MR) is 76.7 cm³/mol. The summed E-state index contributed by atoms with van der Waals surface area (Å²) >= 11 is 0. The highest BCUT2D eigenvalue weighted by atomic mass is 16.5. The molecule has 2 unspecified atom stereocenters. The summed E-state index contributed by atoms with van der Waals surface area (Å²) < 4.78 is 10.6. The van der Waals surface area contributed by atoms with E-state index < -0.39 is 6.10 Å². The first-order valence-corrected chi connectivity index (χ1v) is 6.79. The first-order chi connectivity index (χ1) is 9.15. The second kappa shape index (κ2) is 8.91. The molecule has 4 nitrogen and oxygen atoms in total. The van der Waals surface area contributed by atoms with E-state index in [9.17, 15) is 5.11 Å². The van der Waals surface area contributed by atoms with Gasteiger partial charge in [-0.2, -0.15) is 0 Å². The maximum Gasteiger partial charge on any atom is 0.119 e. The Morgan fingerprint density at radius 1 is 1.21 bits per heavy atom. The van der Waals surface area contributed by atoms with Crippen molar-refractivity contribution in [2.24, 2.45) is 0 Å². The molecule has 19 heavy (non-hydrogen) atoms. The Morgan fingerprint density at radius 3 is 2.47 bits per heavy atom. The summed E-state index contributed by atoms with van der Waals surface area (Å²) in [5.74, 6) is 0.793. The zero-order valence-corrected chi connectivity index (χ0v) is 12.1. The molecular formula is C15H25NO3. The lowest BCUT2D eigenvalue weighted by molar-refractivity contribution is 0.0904. The largest absolute Gasteiger partial charge is 0.491 e.